The van der Waals surface area contributed by atoms with Crippen LogP contribution < -0.4 is 5.32 Å². The molecule has 2 rings (SSSR count). The second-order valence-corrected chi connectivity index (χ2v) is 5.53. The summed E-state index contributed by atoms with van der Waals surface area (Å²) in [5.74, 6) is 0.196. The predicted molar refractivity (Wildman–Crippen MR) is 90.3 cm³/mol. The van der Waals surface area contributed by atoms with Crippen LogP contribution in [0.4, 0.5) is 0 Å². The van der Waals surface area contributed by atoms with Crippen LogP contribution in [0.15, 0.2) is 24.3 Å². The molecule has 1 aliphatic heterocycles. The highest BCUT2D eigenvalue weighted by atomic mass is 35.5. The van der Waals surface area contributed by atoms with Crippen molar-refractivity contribution >= 4 is 18.3 Å². The zero-order valence-electron chi connectivity index (χ0n) is 13.1. The molecule has 3 nitrogen and oxygen atoms in total. The number of rotatable bonds is 5. The summed E-state index contributed by atoms with van der Waals surface area (Å²) >= 11 is 0. The van der Waals surface area contributed by atoms with Crippen molar-refractivity contribution in [1.29, 1.82) is 0 Å². The van der Waals surface area contributed by atoms with Gasteiger partial charge in [-0.3, -0.25) is 4.79 Å². The topological polar surface area (TPSA) is 32.3 Å². The average molecular weight is 311 g/mol. The molecule has 0 aliphatic carbocycles. The van der Waals surface area contributed by atoms with E-state index in [0.717, 1.165) is 50.9 Å². The Bertz CT molecular complexity index is 427. The lowest BCUT2D eigenvalue weighted by atomic mass is 10.0. The fraction of sp³-hybridized carbons (Fsp3) is 0.588. The molecular formula is C17H27ClN2O. The first-order valence-corrected chi connectivity index (χ1v) is 7.86. The van der Waals surface area contributed by atoms with Crippen LogP contribution in [0.5, 0.6) is 0 Å². The number of carbonyl (C=O) groups is 1. The van der Waals surface area contributed by atoms with Crippen LogP contribution in [0.25, 0.3) is 0 Å². The van der Waals surface area contributed by atoms with E-state index < -0.39 is 0 Å². The van der Waals surface area contributed by atoms with Crippen molar-refractivity contribution in [1.82, 2.24) is 10.2 Å². The molecule has 1 aromatic rings. The van der Waals surface area contributed by atoms with Crippen molar-refractivity contribution in [2.75, 3.05) is 19.6 Å². The van der Waals surface area contributed by atoms with Crippen LogP contribution in [-0.2, 0) is 6.42 Å². The standard InChI is InChI=1S/C17H26N2O.ClH/c1-3-13-19(16-9-11-18-12-10-16)17(20)15-7-5-14(4-2)6-8-15;/h5-8,16,18H,3-4,9-13H2,1-2H3;1H. The van der Waals surface area contributed by atoms with Crippen molar-refractivity contribution in [3.63, 3.8) is 0 Å². The molecule has 1 heterocycles. The maximum Gasteiger partial charge on any atom is 0.254 e. The molecule has 1 fully saturated rings. The van der Waals surface area contributed by atoms with Gasteiger partial charge in [-0.2, -0.15) is 0 Å². The number of hydrogen-bond acceptors (Lipinski definition) is 2. The highest BCUT2D eigenvalue weighted by Gasteiger charge is 2.25. The van der Waals surface area contributed by atoms with Crippen molar-refractivity contribution in [3.8, 4) is 0 Å². The Balaban J connectivity index is 0.00000220. The summed E-state index contributed by atoms with van der Waals surface area (Å²) in [4.78, 5) is 14.8. The van der Waals surface area contributed by atoms with Gasteiger partial charge in [0.05, 0.1) is 0 Å². The molecule has 1 N–H and O–H groups in total. The molecule has 0 atom stereocenters. The number of piperidine rings is 1. The van der Waals surface area contributed by atoms with E-state index >= 15 is 0 Å². The van der Waals surface area contributed by atoms with Gasteiger partial charge in [0.25, 0.3) is 5.91 Å². The summed E-state index contributed by atoms with van der Waals surface area (Å²) in [6, 6.07) is 8.49. The quantitative estimate of drug-likeness (QED) is 0.905. The van der Waals surface area contributed by atoms with Crippen molar-refractivity contribution in [2.24, 2.45) is 0 Å². The largest absolute Gasteiger partial charge is 0.336 e. The summed E-state index contributed by atoms with van der Waals surface area (Å²) in [5, 5.41) is 3.37. The van der Waals surface area contributed by atoms with Gasteiger partial charge in [-0.05, 0) is 56.5 Å². The van der Waals surface area contributed by atoms with Gasteiger partial charge in [-0.15, -0.1) is 12.4 Å². The van der Waals surface area contributed by atoms with Gasteiger partial charge in [0.2, 0.25) is 0 Å². The molecule has 0 aromatic heterocycles. The minimum absolute atomic E-state index is 0. The minimum atomic E-state index is 0. The first-order valence-electron chi connectivity index (χ1n) is 7.86. The van der Waals surface area contributed by atoms with Gasteiger partial charge in [0, 0.05) is 18.2 Å². The average Bonchev–Trinajstić information content (AvgIpc) is 2.53. The predicted octanol–water partition coefficient (Wildman–Crippen LogP) is 3.28. The maximum atomic E-state index is 12.7. The van der Waals surface area contributed by atoms with E-state index in [-0.39, 0.29) is 18.3 Å². The highest BCUT2D eigenvalue weighted by Crippen LogP contribution is 2.17. The smallest absolute Gasteiger partial charge is 0.254 e. The van der Waals surface area contributed by atoms with Crippen molar-refractivity contribution in [3.05, 3.63) is 35.4 Å². The van der Waals surface area contributed by atoms with E-state index in [4.69, 9.17) is 0 Å². The summed E-state index contributed by atoms with van der Waals surface area (Å²) in [7, 11) is 0. The van der Waals surface area contributed by atoms with Gasteiger partial charge in [-0.1, -0.05) is 26.0 Å². The number of nitrogens with one attached hydrogen (secondary N) is 1. The Labute approximate surface area is 134 Å². The first-order chi connectivity index (χ1) is 9.76. The molecule has 1 amide bonds. The number of aryl methyl sites for hydroxylation is 1. The number of nitrogens with zero attached hydrogens (tertiary/aromatic N) is 1. The van der Waals surface area contributed by atoms with E-state index in [9.17, 15) is 4.79 Å². The molecule has 0 bridgehead atoms. The minimum Gasteiger partial charge on any atom is -0.336 e. The molecule has 118 valence electrons. The first kappa shape index (κ1) is 18.0. The number of benzene rings is 1. The Kier molecular flexibility index (Phi) is 7.76. The third-order valence-corrected chi connectivity index (χ3v) is 4.08. The fourth-order valence-electron chi connectivity index (χ4n) is 2.86. The zero-order valence-corrected chi connectivity index (χ0v) is 13.9. The molecule has 21 heavy (non-hydrogen) atoms. The Morgan fingerprint density at radius 2 is 1.81 bits per heavy atom. The SMILES string of the molecule is CCCN(C(=O)c1ccc(CC)cc1)C1CCNCC1.Cl. The number of carbonyl (C=O) groups excluding carboxylic acids is 1. The third-order valence-electron chi connectivity index (χ3n) is 4.08. The molecule has 0 spiro atoms. The van der Waals surface area contributed by atoms with Gasteiger partial charge < -0.3 is 10.2 Å². The molecule has 0 unspecified atom stereocenters. The van der Waals surface area contributed by atoms with E-state index in [1.807, 2.05) is 12.1 Å². The van der Waals surface area contributed by atoms with E-state index in [1.54, 1.807) is 0 Å². The molecule has 0 radical (unpaired) electrons. The molecule has 1 saturated heterocycles. The van der Waals surface area contributed by atoms with Crippen LogP contribution in [-0.4, -0.2) is 36.5 Å². The highest BCUT2D eigenvalue weighted by molar-refractivity contribution is 5.94. The van der Waals surface area contributed by atoms with Crippen LogP contribution in [0.1, 0.15) is 49.0 Å². The lowest BCUT2D eigenvalue weighted by Crippen LogP contribution is -2.46. The van der Waals surface area contributed by atoms with E-state index in [0.29, 0.717) is 6.04 Å². The van der Waals surface area contributed by atoms with Gasteiger partial charge in [0.1, 0.15) is 0 Å². The van der Waals surface area contributed by atoms with Gasteiger partial charge >= 0.3 is 0 Å². The van der Waals surface area contributed by atoms with Crippen LogP contribution in [0, 0.1) is 0 Å². The maximum absolute atomic E-state index is 12.7. The summed E-state index contributed by atoms with van der Waals surface area (Å²) in [5.41, 5.74) is 2.11. The van der Waals surface area contributed by atoms with Crippen LogP contribution >= 0.6 is 12.4 Å². The molecule has 1 aliphatic rings. The number of amides is 1. The van der Waals surface area contributed by atoms with Crippen LogP contribution in [0.3, 0.4) is 0 Å². The Morgan fingerprint density at radius 3 is 2.33 bits per heavy atom. The lowest BCUT2D eigenvalue weighted by Gasteiger charge is -2.34. The van der Waals surface area contributed by atoms with E-state index in [1.165, 1.54) is 5.56 Å². The molecular weight excluding hydrogens is 284 g/mol. The van der Waals surface area contributed by atoms with Crippen molar-refractivity contribution in [2.45, 2.75) is 45.6 Å². The normalized spacial score (nSPS) is 15.3. The van der Waals surface area contributed by atoms with E-state index in [2.05, 4.69) is 36.2 Å². The third kappa shape index (κ3) is 4.72. The number of halogens is 1. The second kappa shape index (κ2) is 9.06. The summed E-state index contributed by atoms with van der Waals surface area (Å²) < 4.78 is 0. The monoisotopic (exact) mass is 310 g/mol. The number of hydrogen-bond donors (Lipinski definition) is 1. The molecule has 4 heteroatoms. The fourth-order valence-corrected chi connectivity index (χ4v) is 2.86. The van der Waals surface area contributed by atoms with Gasteiger partial charge in [0.15, 0.2) is 0 Å². The van der Waals surface area contributed by atoms with Gasteiger partial charge in [-0.25, -0.2) is 0 Å². The molecule has 0 saturated carbocycles. The van der Waals surface area contributed by atoms with Crippen LogP contribution in [0.2, 0.25) is 0 Å². The summed E-state index contributed by atoms with van der Waals surface area (Å²) in [6.07, 6.45) is 4.17. The lowest BCUT2D eigenvalue weighted by molar-refractivity contribution is 0.0642. The zero-order chi connectivity index (χ0) is 14.4. The van der Waals surface area contributed by atoms with Crippen molar-refractivity contribution < 1.29 is 4.79 Å². The summed E-state index contributed by atoms with van der Waals surface area (Å²) in [6.45, 7) is 7.18. The Morgan fingerprint density at radius 1 is 1.19 bits per heavy atom. The second-order valence-electron chi connectivity index (χ2n) is 5.53. The molecule has 1 aromatic carbocycles. The Hall–Kier alpha value is -1.06.